The minimum absolute atomic E-state index is 0.0116. The maximum absolute atomic E-state index is 12.1. The summed E-state index contributed by atoms with van der Waals surface area (Å²) in [6.07, 6.45) is 12.3. The minimum Gasteiger partial charge on any atom is -0.393 e. The predicted molar refractivity (Wildman–Crippen MR) is 91.4 cm³/mol. The number of carbonyl (C=O) groups is 1. The molecule has 0 spiro atoms. The second-order valence-corrected chi connectivity index (χ2v) is 7.73. The molecule has 3 aliphatic rings. The summed E-state index contributed by atoms with van der Waals surface area (Å²) in [6.45, 7) is 2.26. The SMILES string of the molecule is O=C(NC1CCC(O)CC1)NC1CCN(C2CCCCC2)CC1. The molecule has 0 atom stereocenters. The number of urea groups is 1. The highest BCUT2D eigenvalue weighted by atomic mass is 16.3. The molecule has 5 nitrogen and oxygen atoms in total. The molecule has 1 heterocycles. The lowest BCUT2D eigenvalue weighted by Gasteiger charge is -2.39. The number of nitrogens with zero attached hydrogens (tertiary/aromatic N) is 1. The summed E-state index contributed by atoms with van der Waals surface area (Å²) in [5, 5.41) is 15.8. The first-order valence-corrected chi connectivity index (χ1v) is 9.70. The largest absolute Gasteiger partial charge is 0.393 e. The van der Waals surface area contributed by atoms with Crippen molar-refractivity contribution >= 4 is 6.03 Å². The van der Waals surface area contributed by atoms with Gasteiger partial charge in [0.25, 0.3) is 0 Å². The van der Waals surface area contributed by atoms with E-state index in [0.717, 1.165) is 57.7 Å². The lowest BCUT2D eigenvalue weighted by molar-refractivity contribution is 0.112. The van der Waals surface area contributed by atoms with Crippen LogP contribution in [0.15, 0.2) is 0 Å². The Morgan fingerprint density at radius 1 is 0.783 bits per heavy atom. The summed E-state index contributed by atoms with van der Waals surface area (Å²) < 4.78 is 0. The molecule has 1 aliphatic heterocycles. The van der Waals surface area contributed by atoms with E-state index < -0.39 is 0 Å². The van der Waals surface area contributed by atoms with E-state index in [9.17, 15) is 9.90 Å². The first kappa shape index (κ1) is 17.0. The molecule has 5 heteroatoms. The lowest BCUT2D eigenvalue weighted by atomic mass is 9.92. The topological polar surface area (TPSA) is 64.6 Å². The number of aliphatic hydroxyl groups excluding tert-OH is 1. The molecule has 0 unspecified atom stereocenters. The Kier molecular flexibility index (Phi) is 6.17. The van der Waals surface area contributed by atoms with Gasteiger partial charge in [-0.3, -0.25) is 0 Å². The molecule has 132 valence electrons. The summed E-state index contributed by atoms with van der Waals surface area (Å²) in [5.41, 5.74) is 0. The standard InChI is InChI=1S/C18H33N3O2/c22-17-8-6-14(7-9-17)19-18(23)20-15-10-12-21(13-11-15)16-4-2-1-3-5-16/h14-17,22H,1-13H2,(H2,19,20,23). The van der Waals surface area contributed by atoms with E-state index in [4.69, 9.17) is 0 Å². The molecule has 2 amide bonds. The van der Waals surface area contributed by atoms with Gasteiger partial charge in [0.1, 0.15) is 0 Å². The van der Waals surface area contributed by atoms with Gasteiger partial charge in [-0.25, -0.2) is 4.79 Å². The molecular formula is C18H33N3O2. The normalized spacial score (nSPS) is 31.7. The molecule has 0 radical (unpaired) electrons. The van der Waals surface area contributed by atoms with E-state index in [-0.39, 0.29) is 18.2 Å². The van der Waals surface area contributed by atoms with Crippen molar-refractivity contribution in [2.45, 2.75) is 94.9 Å². The van der Waals surface area contributed by atoms with Crippen LogP contribution in [0.4, 0.5) is 4.79 Å². The zero-order valence-corrected chi connectivity index (χ0v) is 14.3. The van der Waals surface area contributed by atoms with Crippen LogP contribution in [0.25, 0.3) is 0 Å². The number of carbonyl (C=O) groups excluding carboxylic acids is 1. The molecule has 3 N–H and O–H groups in total. The number of hydrogen-bond acceptors (Lipinski definition) is 3. The maximum Gasteiger partial charge on any atom is 0.315 e. The van der Waals surface area contributed by atoms with Gasteiger partial charge in [0.2, 0.25) is 0 Å². The molecule has 0 aromatic heterocycles. The van der Waals surface area contributed by atoms with Crippen molar-refractivity contribution in [3.63, 3.8) is 0 Å². The molecule has 3 rings (SSSR count). The number of hydrogen-bond donors (Lipinski definition) is 3. The van der Waals surface area contributed by atoms with Crippen LogP contribution in [0.2, 0.25) is 0 Å². The van der Waals surface area contributed by atoms with E-state index in [1.165, 1.54) is 32.1 Å². The Labute approximate surface area is 140 Å². The Bertz CT molecular complexity index is 368. The van der Waals surface area contributed by atoms with Crippen molar-refractivity contribution in [2.75, 3.05) is 13.1 Å². The van der Waals surface area contributed by atoms with Crippen molar-refractivity contribution in [3.8, 4) is 0 Å². The smallest absolute Gasteiger partial charge is 0.315 e. The molecule has 23 heavy (non-hydrogen) atoms. The van der Waals surface area contributed by atoms with Gasteiger partial charge in [0.15, 0.2) is 0 Å². The average molecular weight is 323 g/mol. The third kappa shape index (κ3) is 5.08. The number of nitrogens with one attached hydrogen (secondary N) is 2. The van der Waals surface area contributed by atoms with Gasteiger partial charge in [-0.2, -0.15) is 0 Å². The molecule has 1 saturated heterocycles. The van der Waals surface area contributed by atoms with Crippen molar-refractivity contribution in [1.82, 2.24) is 15.5 Å². The molecule has 0 aromatic carbocycles. The Morgan fingerprint density at radius 2 is 1.35 bits per heavy atom. The van der Waals surface area contributed by atoms with Crippen LogP contribution < -0.4 is 10.6 Å². The second-order valence-electron chi connectivity index (χ2n) is 7.73. The fourth-order valence-corrected chi connectivity index (χ4v) is 4.49. The number of rotatable bonds is 3. The molecule has 0 bridgehead atoms. The van der Waals surface area contributed by atoms with Crippen molar-refractivity contribution in [2.24, 2.45) is 0 Å². The first-order valence-electron chi connectivity index (χ1n) is 9.70. The highest BCUT2D eigenvalue weighted by Gasteiger charge is 2.27. The zero-order chi connectivity index (χ0) is 16.1. The first-order chi connectivity index (χ1) is 11.2. The van der Waals surface area contributed by atoms with E-state index >= 15 is 0 Å². The van der Waals surface area contributed by atoms with E-state index in [1.807, 2.05) is 0 Å². The van der Waals surface area contributed by atoms with Crippen molar-refractivity contribution in [1.29, 1.82) is 0 Å². The van der Waals surface area contributed by atoms with Crippen LogP contribution >= 0.6 is 0 Å². The average Bonchev–Trinajstić information content (AvgIpc) is 2.58. The number of piperidine rings is 1. The number of amides is 2. The summed E-state index contributed by atoms with van der Waals surface area (Å²) in [5.74, 6) is 0. The maximum atomic E-state index is 12.1. The van der Waals surface area contributed by atoms with Gasteiger partial charge in [0.05, 0.1) is 6.10 Å². The summed E-state index contributed by atoms with van der Waals surface area (Å²) in [6, 6.07) is 1.35. The highest BCUT2D eigenvalue weighted by Crippen LogP contribution is 2.25. The quantitative estimate of drug-likeness (QED) is 0.747. The lowest BCUT2D eigenvalue weighted by Crippen LogP contribution is -2.52. The molecule has 3 fully saturated rings. The van der Waals surface area contributed by atoms with Crippen LogP contribution in [-0.4, -0.2) is 53.4 Å². The Hall–Kier alpha value is -0.810. The number of likely N-dealkylation sites (tertiary alicyclic amines) is 1. The van der Waals surface area contributed by atoms with Crippen LogP contribution in [-0.2, 0) is 0 Å². The van der Waals surface area contributed by atoms with Crippen LogP contribution in [0.5, 0.6) is 0 Å². The predicted octanol–water partition coefficient (Wildman–Crippen LogP) is 2.39. The second kappa shape index (κ2) is 8.34. The molecule has 2 aliphatic carbocycles. The third-order valence-corrected chi connectivity index (χ3v) is 5.99. The molecule has 0 aromatic rings. The fourth-order valence-electron chi connectivity index (χ4n) is 4.49. The zero-order valence-electron chi connectivity index (χ0n) is 14.3. The molecular weight excluding hydrogens is 290 g/mol. The summed E-state index contributed by atoms with van der Waals surface area (Å²) >= 11 is 0. The van der Waals surface area contributed by atoms with Crippen molar-refractivity contribution < 1.29 is 9.90 Å². The molecule has 2 saturated carbocycles. The minimum atomic E-state index is -0.166. The van der Waals surface area contributed by atoms with Gasteiger partial charge in [-0.1, -0.05) is 19.3 Å². The van der Waals surface area contributed by atoms with Crippen LogP contribution in [0.1, 0.15) is 70.6 Å². The van der Waals surface area contributed by atoms with Gasteiger partial charge < -0.3 is 20.6 Å². The van der Waals surface area contributed by atoms with Gasteiger partial charge in [-0.15, -0.1) is 0 Å². The van der Waals surface area contributed by atoms with Gasteiger partial charge >= 0.3 is 6.03 Å². The third-order valence-electron chi connectivity index (χ3n) is 5.99. The van der Waals surface area contributed by atoms with Crippen molar-refractivity contribution in [3.05, 3.63) is 0 Å². The van der Waals surface area contributed by atoms with Gasteiger partial charge in [-0.05, 0) is 51.4 Å². The number of aliphatic hydroxyl groups is 1. The highest BCUT2D eigenvalue weighted by molar-refractivity contribution is 5.74. The van der Waals surface area contributed by atoms with E-state index in [2.05, 4.69) is 15.5 Å². The fraction of sp³-hybridized carbons (Fsp3) is 0.944. The summed E-state index contributed by atoms with van der Waals surface area (Å²) in [7, 11) is 0. The Morgan fingerprint density at radius 3 is 1.96 bits per heavy atom. The van der Waals surface area contributed by atoms with Gasteiger partial charge in [0, 0.05) is 31.2 Å². The van der Waals surface area contributed by atoms with Crippen LogP contribution in [0, 0.1) is 0 Å². The Balaban J connectivity index is 1.34. The van der Waals surface area contributed by atoms with E-state index in [1.54, 1.807) is 0 Å². The summed E-state index contributed by atoms with van der Waals surface area (Å²) in [4.78, 5) is 14.8. The monoisotopic (exact) mass is 323 g/mol. The van der Waals surface area contributed by atoms with Crippen LogP contribution in [0.3, 0.4) is 0 Å². The van der Waals surface area contributed by atoms with E-state index in [0.29, 0.717) is 6.04 Å².